The fraction of sp³-hybridized carbons (Fsp3) is 0.211. The standard InChI is InChI=1S/C19H20N2O2S/c1-13(14(2)21(15(3)24)11-10-19(22)23)12-17-9-8-16-6-4-5-7-18(16)20-17/h4-9,12H,2,10-11H2,1,3H3,(H,22,23)/b13-12+. The zero-order chi connectivity index (χ0) is 17.7. The molecule has 0 saturated carbocycles. The molecule has 2 aromatic rings. The molecule has 2 rings (SSSR count). The number of nitrogens with zero attached hydrogens (tertiary/aromatic N) is 2. The van der Waals surface area contributed by atoms with E-state index in [0.717, 1.165) is 22.2 Å². The van der Waals surface area contributed by atoms with Crippen LogP contribution in [0.15, 0.2) is 54.2 Å². The van der Waals surface area contributed by atoms with Crippen LogP contribution in [-0.2, 0) is 4.79 Å². The Morgan fingerprint density at radius 3 is 2.67 bits per heavy atom. The third kappa shape index (κ3) is 4.49. The quantitative estimate of drug-likeness (QED) is 0.628. The molecule has 124 valence electrons. The molecule has 0 radical (unpaired) electrons. The van der Waals surface area contributed by atoms with Gasteiger partial charge in [-0.15, -0.1) is 0 Å². The highest BCUT2D eigenvalue weighted by Gasteiger charge is 2.13. The van der Waals surface area contributed by atoms with Crippen molar-refractivity contribution in [1.82, 2.24) is 9.88 Å². The molecule has 0 fully saturated rings. The molecule has 1 aromatic carbocycles. The molecule has 0 unspecified atom stereocenters. The van der Waals surface area contributed by atoms with Gasteiger partial charge in [0.2, 0.25) is 0 Å². The molecule has 0 spiro atoms. The van der Waals surface area contributed by atoms with Crippen LogP contribution in [0.25, 0.3) is 17.0 Å². The first-order valence-corrected chi connectivity index (χ1v) is 8.02. The summed E-state index contributed by atoms with van der Waals surface area (Å²) < 4.78 is 0. The van der Waals surface area contributed by atoms with Gasteiger partial charge < -0.3 is 10.0 Å². The monoisotopic (exact) mass is 340 g/mol. The summed E-state index contributed by atoms with van der Waals surface area (Å²) in [7, 11) is 0. The van der Waals surface area contributed by atoms with Gasteiger partial charge in [-0.05, 0) is 37.6 Å². The lowest BCUT2D eigenvalue weighted by Gasteiger charge is -2.25. The van der Waals surface area contributed by atoms with Gasteiger partial charge in [-0.3, -0.25) is 4.79 Å². The van der Waals surface area contributed by atoms with E-state index >= 15 is 0 Å². The van der Waals surface area contributed by atoms with E-state index in [1.807, 2.05) is 49.4 Å². The van der Waals surface area contributed by atoms with Gasteiger partial charge in [0, 0.05) is 17.6 Å². The maximum Gasteiger partial charge on any atom is 0.305 e. The Bertz CT molecular complexity index is 827. The molecule has 0 aliphatic heterocycles. The molecule has 0 saturated heterocycles. The molecule has 0 aliphatic rings. The van der Waals surface area contributed by atoms with Crippen LogP contribution in [0, 0.1) is 0 Å². The first-order valence-electron chi connectivity index (χ1n) is 7.62. The molecule has 1 aromatic heterocycles. The highest BCUT2D eigenvalue weighted by molar-refractivity contribution is 7.80. The minimum Gasteiger partial charge on any atom is -0.481 e. The second-order valence-electron chi connectivity index (χ2n) is 5.52. The molecule has 0 amide bonds. The van der Waals surface area contributed by atoms with E-state index in [1.54, 1.807) is 11.8 Å². The van der Waals surface area contributed by atoms with Crippen molar-refractivity contribution in [2.24, 2.45) is 0 Å². The Hall–Kier alpha value is -2.53. The lowest BCUT2D eigenvalue weighted by molar-refractivity contribution is -0.137. The number of rotatable bonds is 6. The topological polar surface area (TPSA) is 53.4 Å². The van der Waals surface area contributed by atoms with Crippen LogP contribution >= 0.6 is 12.2 Å². The number of hydrogen-bond donors (Lipinski definition) is 1. The fourth-order valence-corrected chi connectivity index (χ4v) is 2.57. The lowest BCUT2D eigenvalue weighted by atomic mass is 10.1. The van der Waals surface area contributed by atoms with Crippen LogP contribution in [0.5, 0.6) is 0 Å². The van der Waals surface area contributed by atoms with Crippen molar-refractivity contribution in [2.75, 3.05) is 6.54 Å². The number of hydrogen-bond acceptors (Lipinski definition) is 3. The van der Waals surface area contributed by atoms with E-state index in [0.29, 0.717) is 17.2 Å². The largest absolute Gasteiger partial charge is 0.481 e. The zero-order valence-corrected chi connectivity index (χ0v) is 14.6. The number of carboxylic acid groups (broad SMARTS) is 1. The van der Waals surface area contributed by atoms with Gasteiger partial charge in [-0.2, -0.15) is 0 Å². The number of aromatic nitrogens is 1. The predicted octanol–water partition coefficient (Wildman–Crippen LogP) is 4.28. The van der Waals surface area contributed by atoms with Crippen LogP contribution in [0.2, 0.25) is 0 Å². The lowest BCUT2D eigenvalue weighted by Crippen LogP contribution is -2.29. The van der Waals surface area contributed by atoms with Crippen molar-refractivity contribution >= 4 is 40.2 Å². The molecule has 1 N–H and O–H groups in total. The number of allylic oxidation sites excluding steroid dienone is 1. The van der Waals surface area contributed by atoms with Gasteiger partial charge in [0.1, 0.15) is 0 Å². The second kappa shape index (κ2) is 7.84. The van der Waals surface area contributed by atoms with E-state index in [1.165, 1.54) is 0 Å². The van der Waals surface area contributed by atoms with Crippen molar-refractivity contribution in [3.63, 3.8) is 0 Å². The highest BCUT2D eigenvalue weighted by atomic mass is 32.1. The van der Waals surface area contributed by atoms with Crippen LogP contribution in [-0.4, -0.2) is 32.5 Å². The minimum absolute atomic E-state index is 0.00844. The molecule has 0 bridgehead atoms. The van der Waals surface area contributed by atoms with Gasteiger partial charge in [0.15, 0.2) is 0 Å². The Kier molecular flexibility index (Phi) is 5.82. The Morgan fingerprint density at radius 1 is 1.29 bits per heavy atom. The predicted molar refractivity (Wildman–Crippen MR) is 102 cm³/mol. The maximum atomic E-state index is 10.8. The number of carbonyl (C=O) groups is 1. The summed E-state index contributed by atoms with van der Waals surface area (Å²) in [6, 6.07) is 11.9. The summed E-state index contributed by atoms with van der Waals surface area (Å²) in [5, 5.41) is 9.96. The van der Waals surface area contributed by atoms with Crippen LogP contribution in [0.1, 0.15) is 26.0 Å². The SMILES string of the molecule is C=C(/C(C)=C/c1ccc2ccccc2n1)N(CCC(=O)O)C(C)=S. The molecule has 5 heteroatoms. The van der Waals surface area contributed by atoms with Crippen LogP contribution in [0.4, 0.5) is 0 Å². The number of benzene rings is 1. The Balaban J connectivity index is 2.24. The van der Waals surface area contributed by atoms with Crippen LogP contribution < -0.4 is 0 Å². The fourth-order valence-electron chi connectivity index (χ4n) is 2.37. The van der Waals surface area contributed by atoms with E-state index in [9.17, 15) is 4.79 Å². The Morgan fingerprint density at radius 2 is 2.00 bits per heavy atom. The third-order valence-electron chi connectivity index (χ3n) is 3.69. The number of aliphatic carboxylic acids is 1. The van der Waals surface area contributed by atoms with E-state index in [-0.39, 0.29) is 6.42 Å². The van der Waals surface area contributed by atoms with Crippen molar-refractivity contribution in [2.45, 2.75) is 20.3 Å². The average molecular weight is 340 g/mol. The van der Waals surface area contributed by atoms with E-state index in [2.05, 4.69) is 11.6 Å². The molecular weight excluding hydrogens is 320 g/mol. The second-order valence-corrected chi connectivity index (χ2v) is 6.11. The number of thiocarbonyl (C=S) groups is 1. The minimum atomic E-state index is -0.859. The number of carboxylic acids is 1. The van der Waals surface area contributed by atoms with Crippen molar-refractivity contribution in [1.29, 1.82) is 0 Å². The summed E-state index contributed by atoms with van der Waals surface area (Å²) in [5.74, 6) is -0.859. The summed E-state index contributed by atoms with van der Waals surface area (Å²) >= 11 is 5.22. The normalized spacial score (nSPS) is 11.3. The van der Waals surface area contributed by atoms with Gasteiger partial charge in [0.05, 0.1) is 22.6 Å². The van der Waals surface area contributed by atoms with Crippen LogP contribution in [0.3, 0.4) is 0 Å². The van der Waals surface area contributed by atoms with Gasteiger partial charge in [-0.1, -0.05) is 43.1 Å². The first kappa shape index (κ1) is 17.8. The Labute approximate surface area is 147 Å². The maximum absolute atomic E-state index is 10.8. The number of fused-ring (bicyclic) bond motifs is 1. The summed E-state index contributed by atoms with van der Waals surface area (Å²) in [4.78, 5) is 17.8. The van der Waals surface area contributed by atoms with Gasteiger partial charge in [-0.25, -0.2) is 4.98 Å². The summed E-state index contributed by atoms with van der Waals surface area (Å²) in [6.07, 6.45) is 1.94. The molecular formula is C19H20N2O2S. The van der Waals surface area contributed by atoms with Gasteiger partial charge in [0.25, 0.3) is 0 Å². The number of para-hydroxylation sites is 1. The van der Waals surface area contributed by atoms with Gasteiger partial charge >= 0.3 is 5.97 Å². The van der Waals surface area contributed by atoms with E-state index < -0.39 is 5.97 Å². The molecule has 1 heterocycles. The third-order valence-corrected chi connectivity index (χ3v) is 3.92. The molecule has 0 atom stereocenters. The smallest absolute Gasteiger partial charge is 0.305 e. The molecule has 4 nitrogen and oxygen atoms in total. The molecule has 0 aliphatic carbocycles. The van der Waals surface area contributed by atoms with Crippen molar-refractivity contribution < 1.29 is 9.90 Å². The van der Waals surface area contributed by atoms with Crippen molar-refractivity contribution in [3.05, 3.63) is 59.9 Å². The summed E-state index contributed by atoms with van der Waals surface area (Å²) in [6.45, 7) is 8.06. The number of pyridine rings is 1. The summed E-state index contributed by atoms with van der Waals surface area (Å²) in [5.41, 5.74) is 3.34. The average Bonchev–Trinajstić information content (AvgIpc) is 2.54. The zero-order valence-electron chi connectivity index (χ0n) is 13.8. The van der Waals surface area contributed by atoms with Crippen molar-refractivity contribution in [3.8, 4) is 0 Å². The highest BCUT2D eigenvalue weighted by Crippen LogP contribution is 2.19. The van der Waals surface area contributed by atoms with E-state index in [4.69, 9.17) is 17.3 Å². The molecule has 24 heavy (non-hydrogen) atoms. The first-order chi connectivity index (χ1) is 11.4.